The highest BCUT2D eigenvalue weighted by Crippen LogP contribution is 2.40. The Bertz CT molecular complexity index is 446. The van der Waals surface area contributed by atoms with Crippen LogP contribution in [0.25, 0.3) is 0 Å². The van der Waals surface area contributed by atoms with Crippen LogP contribution < -0.4 is 0 Å². The smallest absolute Gasteiger partial charge is 0.339 e. The van der Waals surface area contributed by atoms with Gasteiger partial charge in [0.25, 0.3) is 0 Å². The molecule has 0 aromatic carbocycles. The molecule has 1 aromatic rings. The van der Waals surface area contributed by atoms with Crippen molar-refractivity contribution in [3.8, 4) is 0 Å². The molecule has 1 aliphatic rings. The summed E-state index contributed by atoms with van der Waals surface area (Å²) in [6.07, 6.45) is 4.03. The molecule has 6 heteroatoms. The molecule has 0 radical (unpaired) electrons. The number of carbonyl (C=O) groups is 1. The SMILES string of the molecule is COCCOCCc1ncc(C(=O)O)c(C2CC2)n1. The molecule has 0 bridgehead atoms. The minimum Gasteiger partial charge on any atom is -0.478 e. The number of methoxy groups -OCH3 is 1. The third-order valence-corrected chi connectivity index (χ3v) is 2.96. The van der Waals surface area contributed by atoms with Gasteiger partial charge in [-0.15, -0.1) is 0 Å². The molecule has 0 amide bonds. The monoisotopic (exact) mass is 266 g/mol. The second kappa shape index (κ2) is 6.58. The summed E-state index contributed by atoms with van der Waals surface area (Å²) in [6.45, 7) is 1.62. The third-order valence-electron chi connectivity index (χ3n) is 2.96. The van der Waals surface area contributed by atoms with E-state index in [4.69, 9.17) is 14.6 Å². The minimum absolute atomic E-state index is 0.228. The zero-order valence-electron chi connectivity index (χ0n) is 11.0. The molecule has 0 unspecified atom stereocenters. The minimum atomic E-state index is -0.954. The number of carboxylic acids is 1. The summed E-state index contributed by atoms with van der Waals surface area (Å²) in [6, 6.07) is 0. The maximum absolute atomic E-state index is 11.1. The second-order valence-electron chi connectivity index (χ2n) is 4.52. The number of hydrogen-bond donors (Lipinski definition) is 1. The van der Waals surface area contributed by atoms with E-state index in [1.54, 1.807) is 7.11 Å². The molecule has 1 saturated carbocycles. The molecule has 0 spiro atoms. The van der Waals surface area contributed by atoms with Gasteiger partial charge in [-0.2, -0.15) is 0 Å². The van der Waals surface area contributed by atoms with Crippen LogP contribution in [0.5, 0.6) is 0 Å². The topological polar surface area (TPSA) is 81.5 Å². The van der Waals surface area contributed by atoms with Gasteiger partial charge in [0.15, 0.2) is 0 Å². The van der Waals surface area contributed by atoms with Gasteiger partial charge in [0.2, 0.25) is 0 Å². The first-order valence-corrected chi connectivity index (χ1v) is 6.38. The van der Waals surface area contributed by atoms with Gasteiger partial charge in [-0.25, -0.2) is 14.8 Å². The van der Waals surface area contributed by atoms with Crippen molar-refractivity contribution in [2.75, 3.05) is 26.9 Å². The second-order valence-corrected chi connectivity index (χ2v) is 4.52. The average molecular weight is 266 g/mol. The van der Waals surface area contributed by atoms with Crippen molar-refractivity contribution in [1.82, 2.24) is 9.97 Å². The Morgan fingerprint density at radius 3 is 2.84 bits per heavy atom. The summed E-state index contributed by atoms with van der Waals surface area (Å²) in [7, 11) is 1.62. The molecule has 1 heterocycles. The summed E-state index contributed by atoms with van der Waals surface area (Å²) in [5.41, 5.74) is 0.904. The number of aromatic carboxylic acids is 1. The van der Waals surface area contributed by atoms with E-state index in [1.165, 1.54) is 6.20 Å². The molecule has 0 saturated heterocycles. The quantitative estimate of drug-likeness (QED) is 0.713. The molecular formula is C13H18N2O4. The van der Waals surface area contributed by atoms with Gasteiger partial charge in [-0.1, -0.05) is 0 Å². The summed E-state index contributed by atoms with van der Waals surface area (Å²) >= 11 is 0. The first kappa shape index (κ1) is 13.9. The lowest BCUT2D eigenvalue weighted by atomic mass is 10.1. The van der Waals surface area contributed by atoms with E-state index < -0.39 is 5.97 Å². The average Bonchev–Trinajstić information content (AvgIpc) is 3.22. The van der Waals surface area contributed by atoms with Crippen LogP contribution in [0, 0.1) is 0 Å². The van der Waals surface area contributed by atoms with Crippen LogP contribution >= 0.6 is 0 Å². The van der Waals surface area contributed by atoms with Crippen molar-refractivity contribution in [2.45, 2.75) is 25.2 Å². The fourth-order valence-corrected chi connectivity index (χ4v) is 1.79. The van der Waals surface area contributed by atoms with Crippen LogP contribution in [0.4, 0.5) is 0 Å². The van der Waals surface area contributed by atoms with Gasteiger partial charge in [-0.3, -0.25) is 0 Å². The molecule has 104 valence electrons. The van der Waals surface area contributed by atoms with Gasteiger partial charge < -0.3 is 14.6 Å². The van der Waals surface area contributed by atoms with Crippen molar-refractivity contribution in [3.63, 3.8) is 0 Å². The van der Waals surface area contributed by atoms with Crippen LogP contribution in [0.1, 0.15) is 40.6 Å². The van der Waals surface area contributed by atoms with Gasteiger partial charge >= 0.3 is 5.97 Å². The van der Waals surface area contributed by atoms with Crippen LogP contribution in [0.15, 0.2) is 6.20 Å². The lowest BCUT2D eigenvalue weighted by Gasteiger charge is -2.07. The van der Waals surface area contributed by atoms with Gasteiger partial charge in [0, 0.05) is 25.6 Å². The molecule has 19 heavy (non-hydrogen) atoms. The molecular weight excluding hydrogens is 248 g/mol. The maximum Gasteiger partial charge on any atom is 0.339 e. The lowest BCUT2D eigenvalue weighted by Crippen LogP contribution is -2.11. The third kappa shape index (κ3) is 3.97. The zero-order valence-corrected chi connectivity index (χ0v) is 11.0. The fraction of sp³-hybridized carbons (Fsp3) is 0.615. The molecule has 1 N–H and O–H groups in total. The molecule has 0 aliphatic heterocycles. The van der Waals surface area contributed by atoms with Crippen molar-refractivity contribution < 1.29 is 19.4 Å². The van der Waals surface area contributed by atoms with Crippen LogP contribution in [-0.2, 0) is 15.9 Å². The normalized spacial score (nSPS) is 14.6. The molecule has 6 nitrogen and oxygen atoms in total. The van der Waals surface area contributed by atoms with E-state index >= 15 is 0 Å². The fourth-order valence-electron chi connectivity index (χ4n) is 1.79. The Balaban J connectivity index is 1.94. The molecule has 1 aliphatic carbocycles. The molecule has 1 fully saturated rings. The number of nitrogens with zero attached hydrogens (tertiary/aromatic N) is 2. The predicted molar refractivity (Wildman–Crippen MR) is 67.4 cm³/mol. The standard InChI is InChI=1S/C13H18N2O4/c1-18-6-7-19-5-4-11-14-8-10(13(16)17)12(15-11)9-2-3-9/h8-9H,2-7H2,1H3,(H,16,17). The Kier molecular flexibility index (Phi) is 4.81. The van der Waals surface area contributed by atoms with Crippen molar-refractivity contribution in [2.24, 2.45) is 0 Å². The van der Waals surface area contributed by atoms with E-state index in [1.807, 2.05) is 0 Å². The van der Waals surface area contributed by atoms with E-state index in [2.05, 4.69) is 9.97 Å². The Morgan fingerprint density at radius 2 is 2.21 bits per heavy atom. The maximum atomic E-state index is 11.1. The van der Waals surface area contributed by atoms with E-state index in [0.29, 0.717) is 43.7 Å². The molecule has 1 aromatic heterocycles. The number of hydrogen-bond acceptors (Lipinski definition) is 5. The Labute approximate surface area is 111 Å². The van der Waals surface area contributed by atoms with E-state index in [-0.39, 0.29) is 5.56 Å². The zero-order chi connectivity index (χ0) is 13.7. The number of aromatic nitrogens is 2. The summed E-state index contributed by atoms with van der Waals surface area (Å²) in [5, 5.41) is 9.09. The van der Waals surface area contributed by atoms with Crippen LogP contribution in [0.3, 0.4) is 0 Å². The number of ether oxygens (including phenoxy) is 2. The summed E-state index contributed by atoms with van der Waals surface area (Å²) in [5.74, 6) is -0.0172. The van der Waals surface area contributed by atoms with E-state index in [0.717, 1.165) is 12.8 Å². The largest absolute Gasteiger partial charge is 0.478 e. The molecule has 2 rings (SSSR count). The Morgan fingerprint density at radius 1 is 1.42 bits per heavy atom. The highest BCUT2D eigenvalue weighted by atomic mass is 16.5. The number of carboxylic acid groups (broad SMARTS) is 1. The summed E-state index contributed by atoms with van der Waals surface area (Å²) < 4.78 is 10.2. The van der Waals surface area contributed by atoms with Crippen molar-refractivity contribution >= 4 is 5.97 Å². The first-order valence-electron chi connectivity index (χ1n) is 6.38. The van der Waals surface area contributed by atoms with E-state index in [9.17, 15) is 4.79 Å². The van der Waals surface area contributed by atoms with Crippen LogP contribution in [-0.4, -0.2) is 48.0 Å². The Hall–Kier alpha value is -1.53. The first-order chi connectivity index (χ1) is 9.22. The van der Waals surface area contributed by atoms with Crippen molar-refractivity contribution in [1.29, 1.82) is 0 Å². The van der Waals surface area contributed by atoms with Gasteiger partial charge in [-0.05, 0) is 12.8 Å². The van der Waals surface area contributed by atoms with Crippen LogP contribution in [0.2, 0.25) is 0 Å². The lowest BCUT2D eigenvalue weighted by molar-refractivity contribution is 0.0693. The van der Waals surface area contributed by atoms with Crippen molar-refractivity contribution in [3.05, 3.63) is 23.3 Å². The number of rotatable bonds is 8. The van der Waals surface area contributed by atoms with Gasteiger partial charge in [0.05, 0.1) is 31.1 Å². The highest BCUT2D eigenvalue weighted by Gasteiger charge is 2.30. The highest BCUT2D eigenvalue weighted by molar-refractivity contribution is 5.88. The summed E-state index contributed by atoms with van der Waals surface area (Å²) in [4.78, 5) is 19.5. The molecule has 0 atom stereocenters. The predicted octanol–water partition coefficient (Wildman–Crippen LogP) is 1.26. The van der Waals surface area contributed by atoms with Gasteiger partial charge in [0.1, 0.15) is 5.82 Å².